The number of carbonyl (C=O) groups is 2. The number of ether oxygens (including phenoxy) is 1. The van der Waals surface area contributed by atoms with Crippen LogP contribution in [-0.2, 0) is 14.3 Å². The number of unbranched alkanes of at least 4 members (excludes halogenated alkanes) is 24. The Hall–Kier alpha value is -2.18. The number of carbonyl (C=O) groups excluding carboxylic acids is 2. The van der Waals surface area contributed by atoms with E-state index in [0.29, 0.717) is 19.3 Å². The summed E-state index contributed by atoms with van der Waals surface area (Å²) in [6, 6.07) is -0.702. The minimum atomic E-state index is -0.788. The molecule has 0 aliphatic rings. The van der Waals surface area contributed by atoms with E-state index in [4.69, 9.17) is 4.74 Å². The highest BCUT2D eigenvalue weighted by Gasteiger charge is 2.24. The predicted octanol–water partition coefficient (Wildman–Crippen LogP) is 13.5. The highest BCUT2D eigenvalue weighted by molar-refractivity contribution is 5.77. The Kier molecular flexibility index (Phi) is 41.2. The largest absolute Gasteiger partial charge is 0.462 e. The highest BCUT2D eigenvalue weighted by atomic mass is 16.5. The molecule has 0 aliphatic heterocycles. The fourth-order valence-electron chi connectivity index (χ4n) is 6.97. The standard InChI is InChI=1S/C49H89NO5/c1-4-7-10-13-16-19-22-23-24-25-27-30-33-36-39-42-49(54)55-45(40-37-34-31-28-21-18-15-12-9-6-3)43-48(53)50-46(44-51)47(52)41-38-35-32-29-26-20-17-14-11-8-5-2/h7,10,13,16,19,22-24,45-47,51-52H,4-6,8-9,11-12,14-15,17-18,20-21,25-44H2,1-3H3,(H,50,53)/b10-7+,16-13+,22-19+,24-23-. The normalized spacial score (nSPS) is 13.8. The molecule has 0 heterocycles. The van der Waals surface area contributed by atoms with Gasteiger partial charge in [-0.25, -0.2) is 0 Å². The van der Waals surface area contributed by atoms with E-state index >= 15 is 0 Å². The van der Waals surface area contributed by atoms with Gasteiger partial charge in [0.25, 0.3) is 0 Å². The van der Waals surface area contributed by atoms with Gasteiger partial charge in [0.2, 0.25) is 5.91 Å². The van der Waals surface area contributed by atoms with Crippen LogP contribution in [-0.4, -0.2) is 46.9 Å². The van der Waals surface area contributed by atoms with Gasteiger partial charge in [0, 0.05) is 6.42 Å². The van der Waals surface area contributed by atoms with Crippen molar-refractivity contribution in [1.29, 1.82) is 0 Å². The molecule has 0 saturated heterocycles. The molecule has 0 saturated carbocycles. The SMILES string of the molecule is CC/C=C/C=C/C=C/C=C\CCCCCCCC(=O)OC(CCCCCCCCCCCC)CC(=O)NC(CO)C(O)CCCCCCCCCCCCC. The Bertz CT molecular complexity index is 957. The molecule has 6 nitrogen and oxygen atoms in total. The van der Waals surface area contributed by atoms with Gasteiger partial charge in [-0.2, -0.15) is 0 Å². The number of hydrogen-bond acceptors (Lipinski definition) is 5. The smallest absolute Gasteiger partial charge is 0.306 e. The van der Waals surface area contributed by atoms with Crippen molar-refractivity contribution in [3.05, 3.63) is 48.6 Å². The highest BCUT2D eigenvalue weighted by Crippen LogP contribution is 2.18. The van der Waals surface area contributed by atoms with Crippen molar-refractivity contribution in [3.8, 4) is 0 Å². The summed E-state index contributed by atoms with van der Waals surface area (Å²) in [5.41, 5.74) is 0. The first-order valence-corrected chi connectivity index (χ1v) is 23.4. The zero-order valence-electron chi connectivity index (χ0n) is 36.3. The Morgan fingerprint density at radius 3 is 1.49 bits per heavy atom. The topological polar surface area (TPSA) is 95.9 Å². The van der Waals surface area contributed by atoms with E-state index in [0.717, 1.165) is 77.0 Å². The van der Waals surface area contributed by atoms with Crippen LogP contribution in [0.1, 0.15) is 226 Å². The maximum Gasteiger partial charge on any atom is 0.306 e. The molecule has 0 spiro atoms. The number of rotatable bonds is 41. The number of aliphatic hydroxyl groups excluding tert-OH is 2. The predicted molar refractivity (Wildman–Crippen MR) is 236 cm³/mol. The summed E-state index contributed by atoms with van der Waals surface area (Å²) < 4.78 is 5.89. The molecule has 0 fully saturated rings. The van der Waals surface area contributed by atoms with E-state index in [1.54, 1.807) is 0 Å². The summed E-state index contributed by atoms with van der Waals surface area (Å²) in [5, 5.41) is 23.6. The van der Waals surface area contributed by atoms with Crippen molar-refractivity contribution in [3.63, 3.8) is 0 Å². The lowest BCUT2D eigenvalue weighted by atomic mass is 10.0. The van der Waals surface area contributed by atoms with E-state index in [9.17, 15) is 19.8 Å². The first kappa shape index (κ1) is 52.8. The number of hydrogen-bond donors (Lipinski definition) is 3. The lowest BCUT2D eigenvalue weighted by molar-refractivity contribution is -0.151. The number of aliphatic hydroxyl groups is 2. The van der Waals surface area contributed by atoms with Crippen molar-refractivity contribution in [2.24, 2.45) is 0 Å². The van der Waals surface area contributed by atoms with Crippen LogP contribution in [0.15, 0.2) is 48.6 Å². The van der Waals surface area contributed by atoms with E-state index in [1.807, 2.05) is 18.2 Å². The fourth-order valence-corrected chi connectivity index (χ4v) is 6.97. The molecule has 3 N–H and O–H groups in total. The van der Waals surface area contributed by atoms with Crippen molar-refractivity contribution in [2.45, 2.75) is 244 Å². The van der Waals surface area contributed by atoms with Crippen LogP contribution < -0.4 is 5.32 Å². The maximum absolute atomic E-state index is 13.1. The first-order chi connectivity index (χ1) is 27.0. The molecule has 3 atom stereocenters. The van der Waals surface area contributed by atoms with Crippen molar-refractivity contribution >= 4 is 11.9 Å². The average Bonchev–Trinajstić information content (AvgIpc) is 3.18. The number of allylic oxidation sites excluding steroid dienone is 8. The van der Waals surface area contributed by atoms with Crippen molar-refractivity contribution in [1.82, 2.24) is 5.32 Å². The molecule has 320 valence electrons. The minimum absolute atomic E-state index is 0.0692. The molecule has 0 aromatic heterocycles. The van der Waals surface area contributed by atoms with Crippen molar-refractivity contribution in [2.75, 3.05) is 6.61 Å². The summed E-state index contributed by atoms with van der Waals surface area (Å²) >= 11 is 0. The molecule has 6 heteroatoms. The molecular formula is C49H89NO5. The van der Waals surface area contributed by atoms with E-state index in [-0.39, 0.29) is 24.9 Å². The summed E-state index contributed by atoms with van der Waals surface area (Å²) in [6.07, 6.45) is 50.2. The second-order valence-electron chi connectivity index (χ2n) is 15.9. The minimum Gasteiger partial charge on any atom is -0.462 e. The molecule has 0 rings (SSSR count). The zero-order valence-corrected chi connectivity index (χ0v) is 36.3. The molecule has 3 unspecified atom stereocenters. The Labute approximate surface area is 340 Å². The van der Waals surface area contributed by atoms with Gasteiger partial charge in [-0.15, -0.1) is 0 Å². The number of amides is 1. The van der Waals surface area contributed by atoms with E-state index < -0.39 is 18.2 Å². The molecule has 0 aromatic rings. The molecule has 0 aromatic carbocycles. The fraction of sp³-hybridized carbons (Fsp3) is 0.796. The third-order valence-electron chi connectivity index (χ3n) is 10.5. The summed E-state index contributed by atoms with van der Waals surface area (Å²) in [7, 11) is 0. The van der Waals surface area contributed by atoms with E-state index in [2.05, 4.69) is 56.5 Å². The van der Waals surface area contributed by atoms with Gasteiger partial charge >= 0.3 is 5.97 Å². The lowest BCUT2D eigenvalue weighted by Crippen LogP contribution is -2.46. The van der Waals surface area contributed by atoms with Gasteiger partial charge in [-0.3, -0.25) is 9.59 Å². The molecule has 0 aliphatic carbocycles. The average molecular weight is 772 g/mol. The molecule has 55 heavy (non-hydrogen) atoms. The molecule has 0 bridgehead atoms. The third-order valence-corrected chi connectivity index (χ3v) is 10.5. The molecule has 1 amide bonds. The van der Waals surface area contributed by atoms with Gasteiger partial charge in [-0.1, -0.05) is 217 Å². The third kappa shape index (κ3) is 38.5. The van der Waals surface area contributed by atoms with Gasteiger partial charge in [0.15, 0.2) is 0 Å². The Balaban J connectivity index is 4.58. The quantitative estimate of drug-likeness (QED) is 0.0327. The van der Waals surface area contributed by atoms with Crippen LogP contribution in [0.2, 0.25) is 0 Å². The first-order valence-electron chi connectivity index (χ1n) is 23.4. The summed E-state index contributed by atoms with van der Waals surface area (Å²) in [4.78, 5) is 26.0. The Morgan fingerprint density at radius 2 is 0.982 bits per heavy atom. The molecule has 0 radical (unpaired) electrons. The van der Waals surface area contributed by atoms with Gasteiger partial charge in [-0.05, 0) is 44.9 Å². The Morgan fingerprint density at radius 1 is 0.545 bits per heavy atom. The summed E-state index contributed by atoms with van der Waals surface area (Å²) in [5.74, 6) is -0.499. The van der Waals surface area contributed by atoms with Gasteiger partial charge < -0.3 is 20.3 Å². The monoisotopic (exact) mass is 772 g/mol. The van der Waals surface area contributed by atoms with Crippen LogP contribution in [0.4, 0.5) is 0 Å². The van der Waals surface area contributed by atoms with Crippen LogP contribution >= 0.6 is 0 Å². The van der Waals surface area contributed by atoms with Gasteiger partial charge in [0.05, 0.1) is 25.2 Å². The number of nitrogens with one attached hydrogen (secondary N) is 1. The second kappa shape index (κ2) is 43.0. The zero-order chi connectivity index (χ0) is 40.3. The van der Waals surface area contributed by atoms with Crippen LogP contribution in [0, 0.1) is 0 Å². The molecular weight excluding hydrogens is 683 g/mol. The van der Waals surface area contributed by atoms with Gasteiger partial charge in [0.1, 0.15) is 6.10 Å². The summed E-state index contributed by atoms with van der Waals surface area (Å²) in [6.45, 7) is 6.32. The van der Waals surface area contributed by atoms with Crippen LogP contribution in [0.5, 0.6) is 0 Å². The number of esters is 1. The lowest BCUT2D eigenvalue weighted by Gasteiger charge is -2.24. The maximum atomic E-state index is 13.1. The second-order valence-corrected chi connectivity index (χ2v) is 15.9. The van der Waals surface area contributed by atoms with Crippen LogP contribution in [0.25, 0.3) is 0 Å². The van der Waals surface area contributed by atoms with Crippen LogP contribution in [0.3, 0.4) is 0 Å². The van der Waals surface area contributed by atoms with Crippen molar-refractivity contribution < 1.29 is 24.5 Å². The van der Waals surface area contributed by atoms with E-state index in [1.165, 1.54) is 103 Å².